The number of carbonyl (C=O) groups excluding carboxylic acids is 1. The van der Waals surface area contributed by atoms with E-state index in [1.807, 2.05) is 0 Å². The standard InChI is InChI=1S/C15H16N2O4/c1-8-6-11(4-5-12(8)15(19)20)16-14(18)7-13-9(2)17-21-10(13)3/h4-6H,7H2,1-3H3,(H,16,18)(H,19,20). The molecule has 1 heterocycles. The van der Waals surface area contributed by atoms with Crippen molar-refractivity contribution >= 4 is 17.6 Å². The average molecular weight is 288 g/mol. The Labute approximate surface area is 121 Å². The summed E-state index contributed by atoms with van der Waals surface area (Å²) in [5, 5.41) is 15.5. The van der Waals surface area contributed by atoms with Gasteiger partial charge in [0.1, 0.15) is 5.76 Å². The summed E-state index contributed by atoms with van der Waals surface area (Å²) in [4.78, 5) is 23.0. The van der Waals surface area contributed by atoms with E-state index in [4.69, 9.17) is 9.63 Å². The first-order chi connectivity index (χ1) is 9.88. The van der Waals surface area contributed by atoms with Crippen LogP contribution in [0.25, 0.3) is 0 Å². The van der Waals surface area contributed by atoms with Gasteiger partial charge < -0.3 is 14.9 Å². The number of aryl methyl sites for hydroxylation is 3. The number of hydrogen-bond donors (Lipinski definition) is 2. The smallest absolute Gasteiger partial charge is 0.335 e. The summed E-state index contributed by atoms with van der Waals surface area (Å²) in [5.74, 6) is -0.562. The zero-order valence-corrected chi connectivity index (χ0v) is 12.1. The molecular weight excluding hydrogens is 272 g/mol. The SMILES string of the molecule is Cc1cc(NC(=O)Cc2c(C)noc2C)ccc1C(=O)O. The molecule has 0 aliphatic rings. The molecule has 0 aliphatic heterocycles. The van der Waals surface area contributed by atoms with E-state index in [1.165, 1.54) is 6.07 Å². The number of aromatic carboxylic acids is 1. The first-order valence-corrected chi connectivity index (χ1v) is 6.44. The van der Waals surface area contributed by atoms with Crippen molar-refractivity contribution < 1.29 is 19.2 Å². The highest BCUT2D eigenvalue weighted by molar-refractivity contribution is 5.94. The van der Waals surface area contributed by atoms with E-state index in [0.717, 1.165) is 5.56 Å². The second-order valence-electron chi connectivity index (χ2n) is 4.86. The van der Waals surface area contributed by atoms with E-state index in [0.29, 0.717) is 22.7 Å². The molecule has 2 aromatic rings. The topological polar surface area (TPSA) is 92.4 Å². The molecule has 0 radical (unpaired) electrons. The first-order valence-electron chi connectivity index (χ1n) is 6.44. The van der Waals surface area contributed by atoms with Crippen LogP contribution < -0.4 is 5.32 Å². The van der Waals surface area contributed by atoms with Gasteiger partial charge in [-0.1, -0.05) is 5.16 Å². The lowest BCUT2D eigenvalue weighted by Crippen LogP contribution is -2.15. The molecule has 21 heavy (non-hydrogen) atoms. The third kappa shape index (κ3) is 3.28. The van der Waals surface area contributed by atoms with Crippen molar-refractivity contribution in [3.63, 3.8) is 0 Å². The minimum Gasteiger partial charge on any atom is -0.478 e. The molecule has 1 aromatic heterocycles. The molecule has 2 N–H and O–H groups in total. The normalized spacial score (nSPS) is 10.4. The number of carboxylic acid groups (broad SMARTS) is 1. The molecule has 0 bridgehead atoms. The van der Waals surface area contributed by atoms with Crippen LogP contribution in [0.2, 0.25) is 0 Å². The van der Waals surface area contributed by atoms with Crippen LogP contribution >= 0.6 is 0 Å². The molecule has 0 aliphatic carbocycles. The Morgan fingerprint density at radius 3 is 2.52 bits per heavy atom. The van der Waals surface area contributed by atoms with Gasteiger partial charge in [0.05, 0.1) is 17.7 Å². The number of nitrogens with zero attached hydrogens (tertiary/aromatic N) is 1. The van der Waals surface area contributed by atoms with E-state index < -0.39 is 5.97 Å². The average Bonchev–Trinajstić information content (AvgIpc) is 2.70. The summed E-state index contributed by atoms with van der Waals surface area (Å²) in [5.41, 5.74) is 2.84. The molecule has 0 spiro atoms. The zero-order chi connectivity index (χ0) is 15.6. The molecule has 0 unspecified atom stereocenters. The molecule has 6 nitrogen and oxygen atoms in total. The van der Waals surface area contributed by atoms with E-state index >= 15 is 0 Å². The number of aromatic nitrogens is 1. The van der Waals surface area contributed by atoms with Gasteiger partial charge in [-0.3, -0.25) is 4.79 Å². The van der Waals surface area contributed by atoms with Crippen molar-refractivity contribution in [1.29, 1.82) is 0 Å². The van der Waals surface area contributed by atoms with Gasteiger partial charge in [0.15, 0.2) is 0 Å². The molecule has 0 atom stereocenters. The van der Waals surface area contributed by atoms with Gasteiger partial charge in [-0.25, -0.2) is 4.79 Å². The maximum Gasteiger partial charge on any atom is 0.335 e. The number of amides is 1. The van der Waals surface area contributed by atoms with Crippen molar-refractivity contribution in [2.75, 3.05) is 5.32 Å². The number of nitrogens with one attached hydrogen (secondary N) is 1. The summed E-state index contributed by atoms with van der Waals surface area (Å²) in [6.45, 7) is 5.23. The second-order valence-corrected chi connectivity index (χ2v) is 4.86. The Hall–Kier alpha value is -2.63. The number of benzene rings is 1. The Morgan fingerprint density at radius 2 is 2.00 bits per heavy atom. The summed E-state index contributed by atoms with van der Waals surface area (Å²) in [7, 11) is 0. The predicted octanol–water partition coefficient (Wildman–Crippen LogP) is 2.48. The van der Waals surface area contributed by atoms with Crippen molar-refractivity contribution in [1.82, 2.24) is 5.16 Å². The van der Waals surface area contributed by atoms with Gasteiger partial charge in [-0.05, 0) is 44.5 Å². The Balaban J connectivity index is 2.10. The van der Waals surface area contributed by atoms with E-state index in [9.17, 15) is 9.59 Å². The lowest BCUT2D eigenvalue weighted by Gasteiger charge is -2.07. The van der Waals surface area contributed by atoms with Crippen molar-refractivity contribution in [2.45, 2.75) is 27.2 Å². The number of anilines is 1. The fourth-order valence-electron chi connectivity index (χ4n) is 2.10. The number of rotatable bonds is 4. The summed E-state index contributed by atoms with van der Waals surface area (Å²) in [6, 6.07) is 4.68. The van der Waals surface area contributed by atoms with Crippen LogP contribution in [0.4, 0.5) is 5.69 Å². The molecule has 2 rings (SSSR count). The van der Waals surface area contributed by atoms with E-state index in [2.05, 4.69) is 10.5 Å². The predicted molar refractivity (Wildman–Crippen MR) is 76.4 cm³/mol. The van der Waals surface area contributed by atoms with Crippen LogP contribution in [0.1, 0.15) is 32.9 Å². The van der Waals surface area contributed by atoms with Gasteiger partial charge in [-0.2, -0.15) is 0 Å². The highest BCUT2D eigenvalue weighted by Crippen LogP contribution is 2.17. The van der Waals surface area contributed by atoms with Crippen molar-refractivity contribution in [3.05, 3.63) is 46.3 Å². The highest BCUT2D eigenvalue weighted by Gasteiger charge is 2.14. The number of carboxylic acids is 1. The maximum absolute atomic E-state index is 12.0. The Kier molecular flexibility index (Phi) is 4.07. The van der Waals surface area contributed by atoms with Crippen molar-refractivity contribution in [3.8, 4) is 0 Å². The van der Waals surface area contributed by atoms with Gasteiger partial charge in [0, 0.05) is 11.3 Å². The Morgan fingerprint density at radius 1 is 1.29 bits per heavy atom. The lowest BCUT2D eigenvalue weighted by atomic mass is 10.1. The molecule has 0 fully saturated rings. The Bertz CT molecular complexity index is 684. The molecule has 1 amide bonds. The molecule has 6 heteroatoms. The van der Waals surface area contributed by atoms with Crippen LogP contribution in [-0.4, -0.2) is 22.1 Å². The van der Waals surface area contributed by atoms with Crippen LogP contribution in [0.3, 0.4) is 0 Å². The third-order valence-corrected chi connectivity index (χ3v) is 3.26. The number of carbonyl (C=O) groups is 2. The van der Waals surface area contributed by atoms with E-state index in [1.54, 1.807) is 32.9 Å². The monoisotopic (exact) mass is 288 g/mol. The molecule has 0 saturated heterocycles. The molecule has 1 aromatic carbocycles. The highest BCUT2D eigenvalue weighted by atomic mass is 16.5. The van der Waals surface area contributed by atoms with Crippen LogP contribution in [-0.2, 0) is 11.2 Å². The quantitative estimate of drug-likeness (QED) is 0.901. The maximum atomic E-state index is 12.0. The van der Waals surface area contributed by atoms with Gasteiger partial charge in [-0.15, -0.1) is 0 Å². The van der Waals surface area contributed by atoms with Gasteiger partial charge in [0.25, 0.3) is 0 Å². The van der Waals surface area contributed by atoms with Crippen molar-refractivity contribution in [2.24, 2.45) is 0 Å². The fourth-order valence-corrected chi connectivity index (χ4v) is 2.10. The minimum atomic E-state index is -0.985. The second kappa shape index (κ2) is 5.78. The summed E-state index contributed by atoms with van der Waals surface area (Å²) in [6.07, 6.45) is 0.168. The molecule has 0 saturated carbocycles. The van der Waals surface area contributed by atoms with Crippen LogP contribution in [0.15, 0.2) is 22.7 Å². The number of hydrogen-bond acceptors (Lipinski definition) is 4. The third-order valence-electron chi connectivity index (χ3n) is 3.26. The van der Waals surface area contributed by atoms with Crippen LogP contribution in [0, 0.1) is 20.8 Å². The zero-order valence-electron chi connectivity index (χ0n) is 12.1. The summed E-state index contributed by atoms with van der Waals surface area (Å²) < 4.78 is 5.01. The van der Waals surface area contributed by atoms with E-state index in [-0.39, 0.29) is 17.9 Å². The molecular formula is C15H16N2O4. The van der Waals surface area contributed by atoms with Crippen LogP contribution in [0.5, 0.6) is 0 Å². The summed E-state index contributed by atoms with van der Waals surface area (Å²) >= 11 is 0. The van der Waals surface area contributed by atoms with Gasteiger partial charge >= 0.3 is 5.97 Å². The minimum absolute atomic E-state index is 0.168. The molecule has 110 valence electrons. The first kappa shape index (κ1) is 14.8. The largest absolute Gasteiger partial charge is 0.478 e. The fraction of sp³-hybridized carbons (Fsp3) is 0.267. The van der Waals surface area contributed by atoms with Gasteiger partial charge in [0.2, 0.25) is 5.91 Å². The lowest BCUT2D eigenvalue weighted by molar-refractivity contribution is -0.115.